The Bertz CT molecular complexity index is 342. The van der Waals surface area contributed by atoms with E-state index in [4.69, 9.17) is 4.74 Å². The molecule has 1 aromatic rings. The lowest BCUT2D eigenvalue weighted by atomic mass is 10.3. The summed E-state index contributed by atoms with van der Waals surface area (Å²) in [6.45, 7) is 6.04. The van der Waals surface area contributed by atoms with Gasteiger partial charge in [0, 0.05) is 24.5 Å². The molecule has 1 N–H and O–H groups in total. The highest BCUT2D eigenvalue weighted by Gasteiger charge is 2.16. The molecule has 17 heavy (non-hydrogen) atoms. The third-order valence-corrected chi connectivity index (χ3v) is 3.90. The number of piperazine rings is 1. The van der Waals surface area contributed by atoms with Crippen molar-refractivity contribution in [1.82, 2.24) is 10.2 Å². The lowest BCUT2D eigenvalue weighted by Crippen LogP contribution is -2.47. The molecule has 1 fully saturated rings. The van der Waals surface area contributed by atoms with Gasteiger partial charge in [-0.05, 0) is 38.2 Å². The number of ether oxygens (including phenoxy) is 1. The number of benzene rings is 1. The average molecular weight is 252 g/mol. The van der Waals surface area contributed by atoms with E-state index in [0.29, 0.717) is 5.37 Å². The summed E-state index contributed by atoms with van der Waals surface area (Å²) in [6.07, 6.45) is 0. The van der Waals surface area contributed by atoms with Crippen LogP contribution in [0.5, 0.6) is 5.75 Å². The fourth-order valence-corrected chi connectivity index (χ4v) is 3.03. The third kappa shape index (κ3) is 3.91. The Balaban J connectivity index is 1.89. The number of hydrogen-bond donors (Lipinski definition) is 1. The van der Waals surface area contributed by atoms with Crippen LogP contribution in [0, 0.1) is 0 Å². The molecule has 4 heteroatoms. The standard InChI is InChI=1S/C13H20N2OS/c1-3-16-11-4-6-12(7-5-11)17-13-10-15(2)9-8-14-13/h4-7,13-14H,3,8-10H2,1-2H3. The number of rotatable bonds is 4. The van der Waals surface area contributed by atoms with Crippen LogP contribution in [0.25, 0.3) is 0 Å². The number of nitrogens with zero attached hydrogens (tertiary/aromatic N) is 1. The maximum absolute atomic E-state index is 5.43. The van der Waals surface area contributed by atoms with Crippen molar-refractivity contribution >= 4 is 11.8 Å². The second-order valence-electron chi connectivity index (χ2n) is 4.23. The summed E-state index contributed by atoms with van der Waals surface area (Å²) < 4.78 is 5.43. The number of hydrogen-bond acceptors (Lipinski definition) is 4. The summed E-state index contributed by atoms with van der Waals surface area (Å²) in [5.74, 6) is 0.950. The van der Waals surface area contributed by atoms with Crippen LogP contribution < -0.4 is 10.1 Å². The number of thioether (sulfide) groups is 1. The van der Waals surface area contributed by atoms with Crippen LogP contribution in [0.3, 0.4) is 0 Å². The van der Waals surface area contributed by atoms with E-state index in [1.807, 2.05) is 30.8 Å². The van der Waals surface area contributed by atoms with Crippen LogP contribution in [0.4, 0.5) is 0 Å². The third-order valence-electron chi connectivity index (χ3n) is 2.76. The zero-order chi connectivity index (χ0) is 12.1. The predicted octanol–water partition coefficient (Wildman–Crippen LogP) is 2.04. The van der Waals surface area contributed by atoms with Crippen molar-refractivity contribution in [3.63, 3.8) is 0 Å². The molecule has 0 aromatic heterocycles. The van der Waals surface area contributed by atoms with Gasteiger partial charge < -0.3 is 15.0 Å². The van der Waals surface area contributed by atoms with E-state index >= 15 is 0 Å². The van der Waals surface area contributed by atoms with Crippen molar-refractivity contribution in [1.29, 1.82) is 0 Å². The minimum Gasteiger partial charge on any atom is -0.494 e. The van der Waals surface area contributed by atoms with Crippen molar-refractivity contribution in [2.24, 2.45) is 0 Å². The van der Waals surface area contributed by atoms with Gasteiger partial charge in [-0.3, -0.25) is 0 Å². The second-order valence-corrected chi connectivity index (χ2v) is 5.50. The maximum atomic E-state index is 5.43. The molecule has 2 rings (SSSR count). The molecule has 1 aliphatic rings. The van der Waals surface area contributed by atoms with Gasteiger partial charge in [-0.1, -0.05) is 0 Å². The van der Waals surface area contributed by atoms with Crippen LogP contribution in [-0.2, 0) is 0 Å². The summed E-state index contributed by atoms with van der Waals surface area (Å²) >= 11 is 1.89. The van der Waals surface area contributed by atoms with Crippen molar-refractivity contribution in [3.8, 4) is 5.75 Å². The van der Waals surface area contributed by atoms with Gasteiger partial charge in [0.25, 0.3) is 0 Å². The van der Waals surface area contributed by atoms with E-state index in [1.165, 1.54) is 4.90 Å². The Hall–Kier alpha value is -0.710. The van der Waals surface area contributed by atoms with Crippen molar-refractivity contribution in [2.45, 2.75) is 17.2 Å². The molecule has 0 radical (unpaired) electrons. The molecule has 0 spiro atoms. The van der Waals surface area contributed by atoms with Crippen molar-refractivity contribution < 1.29 is 4.74 Å². The van der Waals surface area contributed by atoms with E-state index in [9.17, 15) is 0 Å². The van der Waals surface area contributed by atoms with Crippen LogP contribution >= 0.6 is 11.8 Å². The average Bonchev–Trinajstić information content (AvgIpc) is 2.32. The molecule has 0 saturated carbocycles. The van der Waals surface area contributed by atoms with Gasteiger partial charge >= 0.3 is 0 Å². The molecule has 1 saturated heterocycles. The highest BCUT2D eigenvalue weighted by Crippen LogP contribution is 2.25. The molecule has 1 heterocycles. The SMILES string of the molecule is CCOc1ccc(SC2CN(C)CCN2)cc1. The Morgan fingerprint density at radius 3 is 2.82 bits per heavy atom. The molecule has 94 valence electrons. The monoisotopic (exact) mass is 252 g/mol. The van der Waals surface area contributed by atoms with Crippen LogP contribution in [0.15, 0.2) is 29.2 Å². The molecule has 0 amide bonds. The predicted molar refractivity (Wildman–Crippen MR) is 72.8 cm³/mol. The summed E-state index contributed by atoms with van der Waals surface area (Å²) in [5, 5.41) is 4.02. The number of nitrogens with one attached hydrogen (secondary N) is 1. The molecular weight excluding hydrogens is 232 g/mol. The molecule has 3 nitrogen and oxygen atoms in total. The molecule has 1 unspecified atom stereocenters. The van der Waals surface area contributed by atoms with Gasteiger partial charge in [-0.15, -0.1) is 11.8 Å². The van der Waals surface area contributed by atoms with E-state index in [1.54, 1.807) is 0 Å². The molecule has 1 atom stereocenters. The summed E-state index contributed by atoms with van der Waals surface area (Å²) in [7, 11) is 2.17. The minimum atomic E-state index is 0.492. The Morgan fingerprint density at radius 1 is 1.41 bits per heavy atom. The number of likely N-dealkylation sites (N-methyl/N-ethyl adjacent to an activating group) is 1. The van der Waals surface area contributed by atoms with Gasteiger partial charge in [-0.25, -0.2) is 0 Å². The highest BCUT2D eigenvalue weighted by atomic mass is 32.2. The molecule has 1 aliphatic heterocycles. The van der Waals surface area contributed by atoms with Gasteiger partial charge in [0.2, 0.25) is 0 Å². The lowest BCUT2D eigenvalue weighted by molar-refractivity contribution is 0.278. The van der Waals surface area contributed by atoms with Gasteiger partial charge in [0.15, 0.2) is 0 Å². The first-order valence-electron chi connectivity index (χ1n) is 6.09. The van der Waals surface area contributed by atoms with Crippen LogP contribution in [0.2, 0.25) is 0 Å². The molecular formula is C13H20N2OS. The largest absolute Gasteiger partial charge is 0.494 e. The Labute approximate surface area is 108 Å². The van der Waals surface area contributed by atoms with Crippen molar-refractivity contribution in [3.05, 3.63) is 24.3 Å². The molecule has 1 aromatic carbocycles. The summed E-state index contributed by atoms with van der Waals surface area (Å²) in [4.78, 5) is 3.66. The zero-order valence-corrected chi connectivity index (χ0v) is 11.3. The normalized spacial score (nSPS) is 21.4. The van der Waals surface area contributed by atoms with Crippen molar-refractivity contribution in [2.75, 3.05) is 33.3 Å². The first-order chi connectivity index (χ1) is 8.28. The topological polar surface area (TPSA) is 24.5 Å². The maximum Gasteiger partial charge on any atom is 0.119 e. The van der Waals surface area contributed by atoms with E-state index in [0.717, 1.165) is 32.0 Å². The molecule has 0 bridgehead atoms. The fourth-order valence-electron chi connectivity index (χ4n) is 1.88. The van der Waals surface area contributed by atoms with Gasteiger partial charge in [0.1, 0.15) is 5.75 Å². The fraction of sp³-hybridized carbons (Fsp3) is 0.538. The lowest BCUT2D eigenvalue weighted by Gasteiger charge is -2.30. The van der Waals surface area contributed by atoms with Gasteiger partial charge in [-0.2, -0.15) is 0 Å². The van der Waals surface area contributed by atoms with Crippen LogP contribution in [-0.4, -0.2) is 43.6 Å². The smallest absolute Gasteiger partial charge is 0.119 e. The van der Waals surface area contributed by atoms with E-state index < -0.39 is 0 Å². The first kappa shape index (κ1) is 12.7. The highest BCUT2D eigenvalue weighted by molar-refractivity contribution is 8.00. The van der Waals surface area contributed by atoms with E-state index in [-0.39, 0.29) is 0 Å². The van der Waals surface area contributed by atoms with Gasteiger partial charge in [0.05, 0.1) is 12.0 Å². The zero-order valence-electron chi connectivity index (χ0n) is 10.5. The quantitative estimate of drug-likeness (QED) is 0.886. The minimum absolute atomic E-state index is 0.492. The molecule has 0 aliphatic carbocycles. The van der Waals surface area contributed by atoms with Crippen LogP contribution in [0.1, 0.15) is 6.92 Å². The Kier molecular flexibility index (Phi) is 4.71. The van der Waals surface area contributed by atoms with E-state index in [2.05, 4.69) is 29.4 Å². The summed E-state index contributed by atoms with van der Waals surface area (Å²) in [5.41, 5.74) is 0. The summed E-state index contributed by atoms with van der Waals surface area (Å²) in [6, 6.07) is 8.34. The Morgan fingerprint density at radius 2 is 2.18 bits per heavy atom. The second kappa shape index (κ2) is 6.28. The first-order valence-corrected chi connectivity index (χ1v) is 6.97.